The fraction of sp³-hybridized carbons (Fsp3) is 0.750. The molecule has 3 aliphatic carbocycles. The fourth-order valence-electron chi connectivity index (χ4n) is 8.64. The van der Waals surface area contributed by atoms with E-state index in [1.54, 1.807) is 0 Å². The Morgan fingerprint density at radius 1 is 0.418 bits per heavy atom. The van der Waals surface area contributed by atoms with Crippen molar-refractivity contribution in [3.63, 3.8) is 0 Å². The molecular weight excluding hydrogens is 998 g/mol. The fourth-order valence-corrected chi connectivity index (χ4v) is 9.48. The van der Waals surface area contributed by atoms with E-state index in [9.17, 15) is 122 Å². The zero-order valence-electron chi connectivity index (χ0n) is 33.4. The summed E-state index contributed by atoms with van der Waals surface area (Å²) in [5.74, 6) is -13.5. The molecule has 0 amide bonds. The molecule has 0 atom stereocenters. The Morgan fingerprint density at radius 2 is 0.627 bits per heavy atom. The van der Waals surface area contributed by atoms with Crippen LogP contribution in [0.5, 0.6) is 0 Å². The van der Waals surface area contributed by atoms with Gasteiger partial charge >= 0.3 is 55.0 Å². The van der Waals surface area contributed by atoms with E-state index in [0.29, 0.717) is 0 Å². The van der Waals surface area contributed by atoms with Crippen molar-refractivity contribution >= 4 is 28.0 Å². The summed E-state index contributed by atoms with van der Waals surface area (Å²) in [6, 6.07) is 0.389. The number of benzene rings is 1. The van der Waals surface area contributed by atoms with Crippen LogP contribution in [0.25, 0.3) is 0 Å². The number of carbonyl (C=O) groups is 3. The Bertz CT molecular complexity index is 1950. The van der Waals surface area contributed by atoms with Gasteiger partial charge < -0.3 is 29.5 Å². The Morgan fingerprint density at radius 3 is 0.821 bits per heavy atom. The molecule has 12 nitrogen and oxygen atoms in total. The highest BCUT2D eigenvalue weighted by Crippen LogP contribution is 2.55. The molecule has 0 aromatic heterocycles. The second-order valence-corrected chi connectivity index (χ2v) is 17.7. The summed E-state index contributed by atoms with van der Waals surface area (Å²) in [6.07, 6.45) is -54.9. The Hall–Kier alpha value is -3.84. The topological polar surface area (TPSA) is 194 Å². The molecule has 1 aromatic carbocycles. The molecule has 0 heterocycles. The third-order valence-electron chi connectivity index (χ3n) is 12.2. The largest absolute Gasteiger partial charge is 0.459 e. The van der Waals surface area contributed by atoms with E-state index in [1.165, 1.54) is 0 Å². The number of aliphatic hydroxyl groups is 3. The maximum absolute atomic E-state index is 13.6. The number of hydrogen-bond donors (Lipinski definition) is 4. The monoisotopic (exact) mass is 1030 g/mol. The number of alkyl halides is 18. The average molecular weight is 1030 g/mol. The van der Waals surface area contributed by atoms with Crippen molar-refractivity contribution in [2.24, 2.45) is 17.8 Å². The predicted octanol–water partition coefficient (Wildman–Crippen LogP) is 8.65. The minimum absolute atomic E-state index is 0.195. The summed E-state index contributed by atoms with van der Waals surface area (Å²) in [6.45, 7) is 0. The molecule has 3 fully saturated rings. The second kappa shape index (κ2) is 18.5. The zero-order valence-corrected chi connectivity index (χ0v) is 34.2. The molecule has 0 radical (unpaired) electrons. The van der Waals surface area contributed by atoms with Crippen molar-refractivity contribution < 1.29 is 136 Å². The van der Waals surface area contributed by atoms with Gasteiger partial charge in [-0.3, -0.25) is 4.55 Å². The number of hydrogen-bond acceptors (Lipinski definition) is 11. The van der Waals surface area contributed by atoms with Crippen LogP contribution in [0.1, 0.15) is 108 Å². The van der Waals surface area contributed by atoms with Crippen LogP contribution in [0, 0.1) is 17.8 Å². The maximum atomic E-state index is 13.6. The van der Waals surface area contributed by atoms with Crippen molar-refractivity contribution in [3.8, 4) is 0 Å². The van der Waals surface area contributed by atoms with Gasteiger partial charge in [-0.2, -0.15) is 87.4 Å². The summed E-state index contributed by atoms with van der Waals surface area (Å²) < 4.78 is 293. The third kappa shape index (κ3) is 10.8. The maximum Gasteiger partial charge on any atom is 0.426 e. The van der Waals surface area contributed by atoms with Crippen LogP contribution in [-0.4, -0.2) is 118 Å². The molecule has 3 aliphatic rings. The van der Waals surface area contributed by atoms with Crippen molar-refractivity contribution in [2.45, 2.75) is 154 Å². The van der Waals surface area contributed by atoms with E-state index in [4.69, 9.17) is 14.2 Å². The molecule has 67 heavy (non-hydrogen) atoms. The Balaban J connectivity index is 1.68. The molecule has 0 spiro atoms. The predicted molar refractivity (Wildman–Crippen MR) is 181 cm³/mol. The number of esters is 3. The highest BCUT2D eigenvalue weighted by atomic mass is 32.2. The lowest BCUT2D eigenvalue weighted by molar-refractivity contribution is -0.388. The third-order valence-corrected chi connectivity index (χ3v) is 13.2. The Labute approximate surface area is 364 Å². The summed E-state index contributed by atoms with van der Waals surface area (Å²) in [5.41, 5.74) is -20.0. The van der Waals surface area contributed by atoms with Crippen molar-refractivity contribution in [2.75, 3.05) is 0 Å². The van der Waals surface area contributed by atoms with Gasteiger partial charge in [0, 0.05) is 17.8 Å². The van der Waals surface area contributed by atoms with Gasteiger partial charge in [-0.15, -0.1) is 0 Å². The highest BCUT2D eigenvalue weighted by Gasteiger charge is 2.75. The van der Waals surface area contributed by atoms with Gasteiger partial charge in [0.2, 0.25) is 0 Å². The normalized spacial score (nSPS) is 24.7. The van der Waals surface area contributed by atoms with Crippen LogP contribution in [0.3, 0.4) is 0 Å². The first kappa shape index (κ1) is 55.8. The molecule has 4 rings (SSSR count). The quantitative estimate of drug-likeness (QED) is 0.0756. The van der Waals surface area contributed by atoms with Crippen LogP contribution in [-0.2, 0) is 24.3 Å². The van der Waals surface area contributed by atoms with Crippen LogP contribution in [0.2, 0.25) is 0 Å². The summed E-state index contributed by atoms with van der Waals surface area (Å²) >= 11 is 0. The van der Waals surface area contributed by atoms with E-state index in [2.05, 4.69) is 0 Å². The minimum atomic E-state index is -6.27. The van der Waals surface area contributed by atoms with E-state index in [1.807, 2.05) is 0 Å². The molecule has 31 heteroatoms. The van der Waals surface area contributed by atoms with Gasteiger partial charge in [-0.1, -0.05) is 0 Å². The summed E-state index contributed by atoms with van der Waals surface area (Å²) in [5, 5.41) is 29.3. The molecule has 0 unspecified atom stereocenters. The van der Waals surface area contributed by atoms with Crippen LogP contribution >= 0.6 is 0 Å². The first-order valence-electron chi connectivity index (χ1n) is 19.4. The average Bonchev–Trinajstić information content (AvgIpc) is 3.17. The smallest absolute Gasteiger partial charge is 0.426 e. The van der Waals surface area contributed by atoms with E-state index < -0.39 is 217 Å². The molecule has 0 bridgehead atoms. The van der Waals surface area contributed by atoms with Crippen molar-refractivity contribution in [1.29, 1.82) is 0 Å². The first-order valence-corrected chi connectivity index (χ1v) is 20.8. The van der Waals surface area contributed by atoms with Gasteiger partial charge in [-0.05, 0) is 89.2 Å². The molecule has 384 valence electrons. The molecule has 4 N–H and O–H groups in total. The van der Waals surface area contributed by atoms with Gasteiger partial charge in [0.05, 0.1) is 16.7 Å². The number of halogens is 18. The summed E-state index contributed by atoms with van der Waals surface area (Å²) in [7, 11) is -6.00. The van der Waals surface area contributed by atoms with E-state index >= 15 is 0 Å². The van der Waals surface area contributed by atoms with Crippen molar-refractivity contribution in [1.82, 2.24) is 0 Å². The first-order chi connectivity index (χ1) is 30.0. The molecule has 0 saturated heterocycles. The van der Waals surface area contributed by atoms with Crippen molar-refractivity contribution in [3.05, 3.63) is 28.8 Å². The highest BCUT2D eigenvalue weighted by molar-refractivity contribution is 7.86. The van der Waals surface area contributed by atoms with Gasteiger partial charge in [-0.25, -0.2) is 14.4 Å². The lowest BCUT2D eigenvalue weighted by Gasteiger charge is -2.41. The van der Waals surface area contributed by atoms with Crippen LogP contribution in [0.4, 0.5) is 79.0 Å². The van der Waals surface area contributed by atoms with Crippen LogP contribution in [0.15, 0.2) is 17.0 Å². The SMILES string of the molecule is O=C(OC1CCC(C(O)(C(F)(F)F)C(F)(F)F)CC1)c1cc(C(=O)OC2CCC(C(O)(C(F)(F)F)C(F)(F)F)CC2)c(S(=O)(=O)O)c(C(=O)OC2CCC(C(O)(C(F)(F)F)C(F)(F)F)CC2)c1. The number of ether oxygens (including phenoxy) is 3. The van der Waals surface area contributed by atoms with E-state index in [-0.39, 0.29) is 12.1 Å². The zero-order chi connectivity index (χ0) is 51.5. The van der Waals surface area contributed by atoms with E-state index in [0.717, 1.165) is 0 Å². The molecule has 3 saturated carbocycles. The standard InChI is InChI=1S/C36H36F18O12S/c37-31(38,39)28(58,32(40,41)42)16-1-7-19(8-2-16)64-25(55)15-13-22(26(56)65-20-9-3-17(4-10-20)29(59,33(43,44)45)34(46,47)48)24(67(61,62)63)23(14-15)27(57)66-21-11-5-18(6-12-21)30(60,35(49,50)51)36(52,53)54/h13-14,16-21,58-60H,1-12H2,(H,61,62,63). The van der Waals surface area contributed by atoms with Crippen LogP contribution < -0.4 is 0 Å². The van der Waals surface area contributed by atoms with Gasteiger partial charge in [0.15, 0.2) is 0 Å². The molecular formula is C36H36F18O12S. The lowest BCUT2D eigenvalue weighted by Crippen LogP contribution is -2.62. The Kier molecular flexibility index (Phi) is 15.4. The summed E-state index contributed by atoms with van der Waals surface area (Å²) in [4.78, 5) is 38.7. The number of carbonyl (C=O) groups excluding carboxylic acids is 3. The number of rotatable bonds is 10. The molecule has 0 aliphatic heterocycles. The molecule has 1 aromatic rings. The lowest BCUT2D eigenvalue weighted by atomic mass is 9.75. The second-order valence-electron chi connectivity index (χ2n) is 16.3. The van der Waals surface area contributed by atoms with Gasteiger partial charge in [0.25, 0.3) is 26.9 Å². The van der Waals surface area contributed by atoms with Gasteiger partial charge in [0.1, 0.15) is 23.2 Å². The minimum Gasteiger partial charge on any atom is -0.459 e.